The average molecular weight is 467 g/mol. The molecule has 1 aliphatic carbocycles. The van der Waals surface area contributed by atoms with E-state index in [2.05, 4.69) is 25.8 Å². The topological polar surface area (TPSA) is 95.9 Å². The van der Waals surface area contributed by atoms with Crippen LogP contribution in [0.3, 0.4) is 0 Å². The van der Waals surface area contributed by atoms with Gasteiger partial charge in [0.2, 0.25) is 0 Å². The highest BCUT2D eigenvalue weighted by Gasteiger charge is 2.48. The molecule has 2 fully saturated rings. The van der Waals surface area contributed by atoms with Gasteiger partial charge in [-0.2, -0.15) is 15.5 Å². The Kier molecular flexibility index (Phi) is 5.33. The van der Waals surface area contributed by atoms with Crippen LogP contribution in [0, 0.1) is 17.2 Å². The molecule has 1 aromatic heterocycles. The molecule has 2 atom stereocenters. The van der Waals surface area contributed by atoms with Crippen LogP contribution in [0.2, 0.25) is 0 Å². The van der Waals surface area contributed by atoms with Crippen molar-refractivity contribution in [2.45, 2.75) is 44.2 Å². The Morgan fingerprint density at radius 2 is 2.06 bits per heavy atom. The molecule has 2 aliphatic heterocycles. The summed E-state index contributed by atoms with van der Waals surface area (Å²) in [4.78, 5) is 19.1. The number of fused-ring (bicyclic) bond motifs is 1. The molecule has 3 aromatic rings. The Bertz CT molecular complexity index is 1390. The van der Waals surface area contributed by atoms with Crippen LogP contribution in [-0.2, 0) is 11.3 Å². The molecule has 6 rings (SSSR count). The number of imidazole rings is 1. The van der Waals surface area contributed by atoms with Crippen LogP contribution in [0.5, 0.6) is 0 Å². The lowest BCUT2D eigenvalue weighted by Crippen LogP contribution is -2.41. The molecule has 0 bridgehead atoms. The number of rotatable bonds is 5. The molecule has 3 heterocycles. The second-order valence-corrected chi connectivity index (χ2v) is 9.84. The van der Waals surface area contributed by atoms with Crippen LogP contribution in [-0.4, -0.2) is 50.7 Å². The minimum atomic E-state index is -0.448. The fraction of sp³-hybridized carbons (Fsp3) is 0.370. The zero-order valence-corrected chi connectivity index (χ0v) is 19.4. The molecule has 1 saturated heterocycles. The molecule has 0 N–H and O–H groups in total. The molecular weight excluding hydrogens is 440 g/mol. The van der Waals surface area contributed by atoms with Crippen molar-refractivity contribution < 1.29 is 9.53 Å². The summed E-state index contributed by atoms with van der Waals surface area (Å²) in [6.07, 6.45) is 6.05. The van der Waals surface area contributed by atoms with Crippen molar-refractivity contribution in [3.8, 4) is 6.07 Å². The molecule has 1 spiro atoms. The highest BCUT2D eigenvalue weighted by Crippen LogP contribution is 2.40. The van der Waals surface area contributed by atoms with Crippen LogP contribution < -0.4 is 0 Å². The number of carbonyl (C=O) groups excluding carboxylic acids is 1. The van der Waals surface area contributed by atoms with Crippen molar-refractivity contribution in [1.29, 1.82) is 5.26 Å². The Labute approximate surface area is 203 Å². The van der Waals surface area contributed by atoms with Crippen molar-refractivity contribution >= 4 is 28.6 Å². The molecule has 1 saturated carbocycles. The first-order valence-corrected chi connectivity index (χ1v) is 12.1. The molecule has 2 aromatic carbocycles. The predicted molar refractivity (Wildman–Crippen MR) is 132 cm³/mol. The fourth-order valence-corrected chi connectivity index (χ4v) is 5.69. The van der Waals surface area contributed by atoms with Crippen LogP contribution in [0.4, 0.5) is 4.79 Å². The predicted octanol–water partition coefficient (Wildman–Crippen LogP) is 4.54. The van der Waals surface area contributed by atoms with Crippen molar-refractivity contribution in [3.63, 3.8) is 0 Å². The van der Waals surface area contributed by atoms with E-state index in [-0.39, 0.29) is 6.09 Å². The van der Waals surface area contributed by atoms with E-state index in [1.165, 1.54) is 0 Å². The van der Waals surface area contributed by atoms with Crippen LogP contribution in [0.25, 0.3) is 11.0 Å². The van der Waals surface area contributed by atoms with Gasteiger partial charge in [-0.1, -0.05) is 30.3 Å². The van der Waals surface area contributed by atoms with Gasteiger partial charge in [0.1, 0.15) is 5.60 Å². The fourth-order valence-electron chi connectivity index (χ4n) is 5.69. The van der Waals surface area contributed by atoms with E-state index in [0.29, 0.717) is 31.0 Å². The molecule has 8 nitrogen and oxygen atoms in total. The molecule has 0 unspecified atom stereocenters. The molecular formula is C27H26N6O2. The van der Waals surface area contributed by atoms with Crippen molar-refractivity contribution in [2.24, 2.45) is 16.1 Å². The SMILES string of the molecule is N#Cc1ccc2ncn(C[C@H]3CCC[C@]4(C3)CN(CC3=NN=C(c5ccccc5)C3)C(=O)O4)c2c1. The van der Waals surface area contributed by atoms with E-state index in [4.69, 9.17) is 4.74 Å². The maximum absolute atomic E-state index is 12.8. The maximum Gasteiger partial charge on any atom is 0.410 e. The highest BCUT2D eigenvalue weighted by molar-refractivity contribution is 6.15. The molecule has 0 radical (unpaired) electrons. The van der Waals surface area contributed by atoms with Gasteiger partial charge < -0.3 is 9.30 Å². The number of aromatic nitrogens is 2. The summed E-state index contributed by atoms with van der Waals surface area (Å²) < 4.78 is 8.15. The minimum absolute atomic E-state index is 0.256. The summed E-state index contributed by atoms with van der Waals surface area (Å²) in [5, 5.41) is 18.0. The van der Waals surface area contributed by atoms with Crippen molar-refractivity contribution in [1.82, 2.24) is 14.5 Å². The standard InChI is InChI=1S/C27H26N6O2/c28-14-19-8-9-23-25(11-19)33(18-29-23)15-20-5-4-10-27(13-20)17-32(26(34)35-27)16-22-12-24(31-30-22)21-6-2-1-3-7-21/h1-3,6-9,11,18,20H,4-5,10,12-13,15-17H2/t20-,27-/m0/s1. The summed E-state index contributed by atoms with van der Waals surface area (Å²) in [7, 11) is 0. The van der Waals surface area contributed by atoms with Gasteiger partial charge in [0.05, 0.1) is 53.5 Å². The summed E-state index contributed by atoms with van der Waals surface area (Å²) >= 11 is 0. The molecule has 176 valence electrons. The third kappa shape index (κ3) is 4.18. The van der Waals surface area contributed by atoms with E-state index >= 15 is 0 Å². The van der Waals surface area contributed by atoms with Gasteiger partial charge in [-0.25, -0.2) is 9.78 Å². The quantitative estimate of drug-likeness (QED) is 0.552. The van der Waals surface area contributed by atoms with E-state index in [1.807, 2.05) is 48.8 Å². The lowest BCUT2D eigenvalue weighted by molar-refractivity contribution is 0.00418. The summed E-state index contributed by atoms with van der Waals surface area (Å²) in [6.45, 7) is 1.84. The maximum atomic E-state index is 12.8. The average Bonchev–Trinajstić information content (AvgIpc) is 3.58. The monoisotopic (exact) mass is 466 g/mol. The molecule has 1 amide bonds. The number of carbonyl (C=O) groups is 1. The van der Waals surface area contributed by atoms with Crippen LogP contribution in [0.1, 0.15) is 43.2 Å². The number of hydrogen-bond donors (Lipinski definition) is 0. The van der Waals surface area contributed by atoms with Gasteiger partial charge in [0.25, 0.3) is 0 Å². The summed E-state index contributed by atoms with van der Waals surface area (Å²) in [5.41, 5.74) is 4.95. The van der Waals surface area contributed by atoms with Crippen molar-refractivity contribution in [2.75, 3.05) is 13.1 Å². The Balaban J connectivity index is 1.11. The minimum Gasteiger partial charge on any atom is -0.441 e. The second kappa shape index (κ2) is 8.66. The first-order valence-electron chi connectivity index (χ1n) is 12.1. The van der Waals surface area contributed by atoms with Gasteiger partial charge in [-0.05, 0) is 55.4 Å². The normalized spacial score (nSPS) is 23.9. The van der Waals surface area contributed by atoms with Gasteiger partial charge in [-0.3, -0.25) is 4.90 Å². The Morgan fingerprint density at radius 1 is 1.17 bits per heavy atom. The Hall–Kier alpha value is -3.99. The van der Waals surface area contributed by atoms with Crippen LogP contribution >= 0.6 is 0 Å². The number of hydrogen-bond acceptors (Lipinski definition) is 6. The number of ether oxygens (including phenoxy) is 1. The van der Waals surface area contributed by atoms with Crippen molar-refractivity contribution in [3.05, 3.63) is 66.0 Å². The van der Waals surface area contributed by atoms with Crippen LogP contribution in [0.15, 0.2) is 65.1 Å². The molecule has 35 heavy (non-hydrogen) atoms. The van der Waals surface area contributed by atoms with E-state index in [0.717, 1.165) is 60.2 Å². The number of nitrogens with zero attached hydrogens (tertiary/aromatic N) is 6. The zero-order chi connectivity index (χ0) is 23.8. The first-order chi connectivity index (χ1) is 17.1. The second-order valence-electron chi connectivity index (χ2n) is 9.84. The molecule has 8 heteroatoms. The van der Waals surface area contributed by atoms with Gasteiger partial charge in [0.15, 0.2) is 0 Å². The molecule has 3 aliphatic rings. The van der Waals surface area contributed by atoms with E-state index < -0.39 is 5.60 Å². The largest absolute Gasteiger partial charge is 0.441 e. The number of benzene rings is 2. The smallest absolute Gasteiger partial charge is 0.410 e. The highest BCUT2D eigenvalue weighted by atomic mass is 16.6. The lowest BCUT2D eigenvalue weighted by Gasteiger charge is -2.36. The third-order valence-corrected chi connectivity index (χ3v) is 7.32. The number of nitriles is 1. The summed E-state index contributed by atoms with van der Waals surface area (Å²) in [5.74, 6) is 0.372. The Morgan fingerprint density at radius 3 is 2.91 bits per heavy atom. The van der Waals surface area contributed by atoms with E-state index in [1.54, 1.807) is 11.0 Å². The first kappa shape index (κ1) is 21.5. The van der Waals surface area contributed by atoms with E-state index in [9.17, 15) is 10.1 Å². The third-order valence-electron chi connectivity index (χ3n) is 7.32. The van der Waals surface area contributed by atoms with Gasteiger partial charge in [-0.15, -0.1) is 0 Å². The lowest BCUT2D eigenvalue weighted by atomic mass is 9.78. The van der Waals surface area contributed by atoms with Gasteiger partial charge >= 0.3 is 6.09 Å². The van der Waals surface area contributed by atoms with Gasteiger partial charge in [0, 0.05) is 13.0 Å². The zero-order valence-electron chi connectivity index (χ0n) is 19.4. The summed E-state index contributed by atoms with van der Waals surface area (Å²) in [6, 6.07) is 17.8. The number of amides is 1.